The molecule has 0 saturated heterocycles. The van der Waals surface area contributed by atoms with E-state index in [1.165, 1.54) is 6.07 Å². The van der Waals surface area contributed by atoms with Gasteiger partial charge in [0.1, 0.15) is 5.69 Å². The summed E-state index contributed by atoms with van der Waals surface area (Å²) in [6.45, 7) is 4.44. The number of benzene rings is 1. The van der Waals surface area contributed by atoms with E-state index in [1.54, 1.807) is 12.1 Å². The number of unbranched alkanes of at least 4 members (excludes halogenated alkanes) is 1. The quantitative estimate of drug-likeness (QED) is 0.320. The highest BCUT2D eigenvalue weighted by Gasteiger charge is 2.15. The van der Waals surface area contributed by atoms with Crippen LogP contribution in [0.3, 0.4) is 0 Å². The van der Waals surface area contributed by atoms with Gasteiger partial charge in [0.15, 0.2) is 0 Å². The SMILES string of the molecule is C=CCCCN(C)c1ccccc1[N+](=O)[O-]. The average Bonchev–Trinajstić information content (AvgIpc) is 2.29. The highest BCUT2D eigenvalue weighted by molar-refractivity contribution is 5.62. The van der Waals surface area contributed by atoms with E-state index in [2.05, 4.69) is 6.58 Å². The van der Waals surface area contributed by atoms with Crippen molar-refractivity contribution in [2.45, 2.75) is 12.8 Å². The van der Waals surface area contributed by atoms with Gasteiger partial charge in [-0.3, -0.25) is 10.1 Å². The predicted molar refractivity (Wildman–Crippen MR) is 65.8 cm³/mol. The molecule has 86 valence electrons. The molecule has 0 aromatic heterocycles. The number of para-hydroxylation sites is 2. The zero-order valence-electron chi connectivity index (χ0n) is 9.43. The second kappa shape index (κ2) is 5.90. The molecule has 0 aliphatic carbocycles. The lowest BCUT2D eigenvalue weighted by molar-refractivity contribution is -0.384. The predicted octanol–water partition coefficient (Wildman–Crippen LogP) is 3.00. The van der Waals surface area contributed by atoms with E-state index in [-0.39, 0.29) is 10.6 Å². The van der Waals surface area contributed by atoms with Crippen LogP contribution in [0.4, 0.5) is 11.4 Å². The first-order chi connectivity index (χ1) is 7.66. The molecule has 0 saturated carbocycles. The van der Waals surface area contributed by atoms with E-state index in [0.29, 0.717) is 5.69 Å². The Kier molecular flexibility index (Phi) is 4.51. The molecule has 0 fully saturated rings. The van der Waals surface area contributed by atoms with Gasteiger partial charge in [0.2, 0.25) is 0 Å². The summed E-state index contributed by atoms with van der Waals surface area (Å²) in [4.78, 5) is 12.4. The molecular weight excluding hydrogens is 204 g/mol. The normalized spacial score (nSPS) is 9.81. The fourth-order valence-corrected chi connectivity index (χ4v) is 1.53. The number of nitro benzene ring substituents is 1. The Balaban J connectivity index is 2.77. The van der Waals surface area contributed by atoms with Crippen LogP contribution in [0.5, 0.6) is 0 Å². The third-order valence-corrected chi connectivity index (χ3v) is 2.39. The molecule has 1 aromatic rings. The number of nitrogens with zero attached hydrogens (tertiary/aromatic N) is 2. The van der Waals surface area contributed by atoms with E-state index in [4.69, 9.17) is 0 Å². The van der Waals surface area contributed by atoms with Gasteiger partial charge in [0, 0.05) is 19.7 Å². The van der Waals surface area contributed by atoms with Crippen LogP contribution in [0.1, 0.15) is 12.8 Å². The van der Waals surface area contributed by atoms with Gasteiger partial charge in [-0.2, -0.15) is 0 Å². The Morgan fingerprint density at radius 2 is 2.19 bits per heavy atom. The summed E-state index contributed by atoms with van der Waals surface area (Å²) < 4.78 is 0. The van der Waals surface area contributed by atoms with Gasteiger partial charge in [-0.15, -0.1) is 6.58 Å². The first kappa shape index (κ1) is 12.2. The van der Waals surface area contributed by atoms with Crippen LogP contribution in [0.15, 0.2) is 36.9 Å². The molecular formula is C12H16N2O2. The number of nitro groups is 1. The Morgan fingerprint density at radius 1 is 1.50 bits per heavy atom. The summed E-state index contributed by atoms with van der Waals surface area (Å²) >= 11 is 0. The summed E-state index contributed by atoms with van der Waals surface area (Å²) in [5.74, 6) is 0. The fraction of sp³-hybridized carbons (Fsp3) is 0.333. The highest BCUT2D eigenvalue weighted by atomic mass is 16.6. The van der Waals surface area contributed by atoms with Crippen molar-refractivity contribution >= 4 is 11.4 Å². The van der Waals surface area contributed by atoms with Gasteiger partial charge >= 0.3 is 0 Å². The van der Waals surface area contributed by atoms with Crippen LogP contribution >= 0.6 is 0 Å². The molecule has 0 N–H and O–H groups in total. The zero-order chi connectivity index (χ0) is 12.0. The van der Waals surface area contributed by atoms with E-state index in [9.17, 15) is 10.1 Å². The monoisotopic (exact) mass is 220 g/mol. The maximum Gasteiger partial charge on any atom is 0.292 e. The molecule has 16 heavy (non-hydrogen) atoms. The van der Waals surface area contributed by atoms with Crippen molar-refractivity contribution in [2.75, 3.05) is 18.5 Å². The molecule has 0 heterocycles. The third-order valence-electron chi connectivity index (χ3n) is 2.39. The third kappa shape index (κ3) is 3.08. The summed E-state index contributed by atoms with van der Waals surface area (Å²) in [6.07, 6.45) is 3.73. The van der Waals surface area contributed by atoms with Crippen LogP contribution in [0.25, 0.3) is 0 Å². The van der Waals surface area contributed by atoms with Crippen LogP contribution < -0.4 is 4.90 Å². The highest BCUT2D eigenvalue weighted by Crippen LogP contribution is 2.26. The average molecular weight is 220 g/mol. The van der Waals surface area contributed by atoms with Gasteiger partial charge in [-0.1, -0.05) is 18.2 Å². The van der Waals surface area contributed by atoms with Crippen molar-refractivity contribution < 1.29 is 4.92 Å². The Hall–Kier alpha value is -1.84. The molecule has 0 aliphatic heterocycles. The summed E-state index contributed by atoms with van der Waals surface area (Å²) in [7, 11) is 1.87. The van der Waals surface area contributed by atoms with Gasteiger partial charge in [0.25, 0.3) is 5.69 Å². The zero-order valence-corrected chi connectivity index (χ0v) is 9.43. The minimum Gasteiger partial charge on any atom is -0.369 e. The molecule has 0 bridgehead atoms. The minimum absolute atomic E-state index is 0.156. The van der Waals surface area contributed by atoms with Crippen LogP contribution in [-0.4, -0.2) is 18.5 Å². The second-order valence-corrected chi connectivity index (χ2v) is 3.60. The largest absolute Gasteiger partial charge is 0.369 e. The summed E-state index contributed by atoms with van der Waals surface area (Å²) in [5.41, 5.74) is 0.820. The van der Waals surface area contributed by atoms with Gasteiger partial charge in [-0.25, -0.2) is 0 Å². The van der Waals surface area contributed by atoms with Gasteiger partial charge in [0.05, 0.1) is 4.92 Å². The molecule has 0 aliphatic rings. The summed E-state index contributed by atoms with van der Waals surface area (Å²) in [5, 5.41) is 10.8. The number of rotatable bonds is 6. The van der Waals surface area contributed by atoms with Crippen molar-refractivity contribution in [3.05, 3.63) is 47.0 Å². The lowest BCUT2D eigenvalue weighted by Crippen LogP contribution is -2.19. The van der Waals surface area contributed by atoms with Crippen molar-refractivity contribution in [3.63, 3.8) is 0 Å². The van der Waals surface area contributed by atoms with Gasteiger partial charge < -0.3 is 4.90 Å². The smallest absolute Gasteiger partial charge is 0.292 e. The van der Waals surface area contributed by atoms with E-state index in [1.807, 2.05) is 24.1 Å². The Labute approximate surface area is 95.3 Å². The Morgan fingerprint density at radius 3 is 2.81 bits per heavy atom. The fourth-order valence-electron chi connectivity index (χ4n) is 1.53. The number of anilines is 1. The number of hydrogen-bond acceptors (Lipinski definition) is 3. The maximum atomic E-state index is 10.8. The van der Waals surface area contributed by atoms with Crippen LogP contribution in [0, 0.1) is 10.1 Å². The van der Waals surface area contributed by atoms with E-state index >= 15 is 0 Å². The molecule has 1 rings (SSSR count). The molecule has 0 amide bonds. The first-order valence-corrected chi connectivity index (χ1v) is 5.22. The van der Waals surface area contributed by atoms with Crippen molar-refractivity contribution in [1.82, 2.24) is 0 Å². The van der Waals surface area contributed by atoms with E-state index in [0.717, 1.165) is 19.4 Å². The number of hydrogen-bond donors (Lipinski definition) is 0. The van der Waals surface area contributed by atoms with Crippen molar-refractivity contribution in [1.29, 1.82) is 0 Å². The van der Waals surface area contributed by atoms with Gasteiger partial charge in [-0.05, 0) is 18.9 Å². The lowest BCUT2D eigenvalue weighted by Gasteiger charge is -2.18. The van der Waals surface area contributed by atoms with Crippen molar-refractivity contribution in [3.8, 4) is 0 Å². The first-order valence-electron chi connectivity index (χ1n) is 5.22. The Bertz CT molecular complexity index is 377. The molecule has 4 nitrogen and oxygen atoms in total. The molecule has 0 spiro atoms. The molecule has 4 heteroatoms. The maximum absolute atomic E-state index is 10.8. The van der Waals surface area contributed by atoms with Crippen LogP contribution in [0.2, 0.25) is 0 Å². The molecule has 1 aromatic carbocycles. The molecule has 0 radical (unpaired) electrons. The molecule has 0 unspecified atom stereocenters. The lowest BCUT2D eigenvalue weighted by atomic mass is 10.2. The van der Waals surface area contributed by atoms with Crippen LogP contribution in [-0.2, 0) is 0 Å². The standard InChI is InChI=1S/C12H16N2O2/c1-3-4-7-10-13(2)11-8-5-6-9-12(11)14(15)16/h3,5-6,8-9H,1,4,7,10H2,2H3. The minimum atomic E-state index is -0.348. The van der Waals surface area contributed by atoms with E-state index < -0.39 is 0 Å². The number of allylic oxidation sites excluding steroid dienone is 1. The van der Waals surface area contributed by atoms with Crippen molar-refractivity contribution in [2.24, 2.45) is 0 Å². The summed E-state index contributed by atoms with van der Waals surface area (Å²) in [6, 6.07) is 6.79. The second-order valence-electron chi connectivity index (χ2n) is 3.60. The topological polar surface area (TPSA) is 46.4 Å². The molecule has 0 atom stereocenters.